The normalized spacial score (nSPS) is 8.33. The van der Waals surface area contributed by atoms with Crippen molar-refractivity contribution < 1.29 is 103 Å². The van der Waals surface area contributed by atoms with E-state index in [1.165, 1.54) is 22.3 Å². The molecular weight excluding hydrogens is 198 g/mol. The fourth-order valence-electron chi connectivity index (χ4n) is 0.938. The predicted molar refractivity (Wildman–Crippen MR) is 43.1 cm³/mol. The zero-order valence-corrected chi connectivity index (χ0v) is 15.2. The molecule has 0 fully saturated rings. The van der Waals surface area contributed by atoms with Gasteiger partial charge in [0.05, 0.1) is 0 Å². The molecule has 0 saturated carbocycles. The van der Waals surface area contributed by atoms with Gasteiger partial charge in [-0.05, 0) is 0 Å². The molecule has 0 nitrogen and oxygen atoms in total. The Kier molecular flexibility index (Phi) is 10.9. The third kappa shape index (κ3) is 4.83. The second kappa shape index (κ2) is 7.74. The van der Waals surface area contributed by atoms with Gasteiger partial charge in [-0.25, -0.2) is 0 Å². The third-order valence-electron chi connectivity index (χ3n) is 1.88. The fourth-order valence-corrected chi connectivity index (χ4v) is 0.938. The zero-order chi connectivity index (χ0) is 7.72. The van der Waals surface area contributed by atoms with Gasteiger partial charge in [0.15, 0.2) is 0 Å². The van der Waals surface area contributed by atoms with E-state index in [0.717, 1.165) is 0 Å². The molecule has 0 amide bonds. The molecule has 0 saturated heterocycles. The first-order valence-corrected chi connectivity index (χ1v) is 3.50. The van der Waals surface area contributed by atoms with Crippen molar-refractivity contribution >= 4 is 0 Å². The molecule has 54 valence electrons. The summed E-state index contributed by atoms with van der Waals surface area (Å²) in [4.78, 5) is 0. The summed E-state index contributed by atoms with van der Waals surface area (Å²) in [6.45, 7) is 8.27. The van der Waals surface area contributed by atoms with Crippen molar-refractivity contribution in [3.8, 4) is 0 Å². The molecular formula is C10H12K2. The maximum atomic E-state index is 3.28. The van der Waals surface area contributed by atoms with Crippen molar-refractivity contribution in [1.82, 2.24) is 0 Å². The van der Waals surface area contributed by atoms with Gasteiger partial charge in [-0.15, -0.1) is 27.7 Å². The van der Waals surface area contributed by atoms with Crippen molar-refractivity contribution in [2.75, 3.05) is 0 Å². The standard InChI is InChI=1S/C10H12.2K/c1-7-5-9(3)10(4)6-8(7)2;;/h1-4H3;;/q-2;2*+1. The van der Waals surface area contributed by atoms with E-state index in [-0.39, 0.29) is 103 Å². The zero-order valence-electron chi connectivity index (χ0n) is 9.00. The smallest absolute Gasteiger partial charge is 0.312 e. The Morgan fingerprint density at radius 2 is 0.750 bits per heavy atom. The first kappa shape index (κ1) is 16.9. The van der Waals surface area contributed by atoms with Crippen LogP contribution >= 0.6 is 0 Å². The van der Waals surface area contributed by atoms with Crippen molar-refractivity contribution in [1.29, 1.82) is 0 Å². The van der Waals surface area contributed by atoms with Crippen LogP contribution < -0.4 is 103 Å². The molecule has 0 unspecified atom stereocenters. The number of aryl methyl sites for hydroxylation is 4. The summed E-state index contributed by atoms with van der Waals surface area (Å²) in [5.74, 6) is 0. The molecule has 0 aromatic heterocycles. The number of hydrogen-bond acceptors (Lipinski definition) is 0. The monoisotopic (exact) mass is 210 g/mol. The van der Waals surface area contributed by atoms with E-state index in [1.54, 1.807) is 0 Å². The van der Waals surface area contributed by atoms with E-state index in [9.17, 15) is 0 Å². The van der Waals surface area contributed by atoms with Crippen LogP contribution in [0.15, 0.2) is 0 Å². The van der Waals surface area contributed by atoms with Crippen molar-refractivity contribution in [3.05, 3.63) is 34.4 Å². The average molecular weight is 210 g/mol. The molecule has 0 aliphatic rings. The van der Waals surface area contributed by atoms with E-state index in [4.69, 9.17) is 0 Å². The number of benzene rings is 1. The van der Waals surface area contributed by atoms with Crippen LogP contribution in [-0.2, 0) is 0 Å². The quantitative estimate of drug-likeness (QED) is 0.308. The minimum absolute atomic E-state index is 0. The largest absolute Gasteiger partial charge is 1.00 e. The topological polar surface area (TPSA) is 0 Å². The fraction of sp³-hybridized carbons (Fsp3) is 0.400. The second-order valence-corrected chi connectivity index (χ2v) is 2.75. The number of hydrogen-bond donors (Lipinski definition) is 0. The molecule has 12 heavy (non-hydrogen) atoms. The van der Waals surface area contributed by atoms with Gasteiger partial charge >= 0.3 is 103 Å². The summed E-state index contributed by atoms with van der Waals surface area (Å²) >= 11 is 0. The minimum Gasteiger partial charge on any atom is -0.312 e. The van der Waals surface area contributed by atoms with Crippen LogP contribution in [0.3, 0.4) is 0 Å². The molecule has 0 radical (unpaired) electrons. The van der Waals surface area contributed by atoms with E-state index < -0.39 is 0 Å². The van der Waals surface area contributed by atoms with Crippen molar-refractivity contribution in [2.24, 2.45) is 0 Å². The Hall–Kier alpha value is 2.49. The molecule has 0 bridgehead atoms. The minimum atomic E-state index is 0. The maximum absolute atomic E-state index is 3.28. The van der Waals surface area contributed by atoms with Gasteiger partial charge in [-0.1, -0.05) is 0 Å². The van der Waals surface area contributed by atoms with Gasteiger partial charge in [-0.3, -0.25) is 22.3 Å². The Morgan fingerprint density at radius 1 is 0.583 bits per heavy atom. The van der Waals surface area contributed by atoms with Gasteiger partial charge in [0.1, 0.15) is 0 Å². The molecule has 0 heterocycles. The molecule has 1 aromatic rings. The Bertz CT molecular complexity index is 204. The molecule has 0 N–H and O–H groups in total. The van der Waals surface area contributed by atoms with Gasteiger partial charge < -0.3 is 12.1 Å². The van der Waals surface area contributed by atoms with Crippen LogP contribution in [0, 0.1) is 39.8 Å². The summed E-state index contributed by atoms with van der Waals surface area (Å²) < 4.78 is 0. The Labute approximate surface area is 161 Å². The first-order chi connectivity index (χ1) is 4.61. The van der Waals surface area contributed by atoms with Crippen molar-refractivity contribution in [2.45, 2.75) is 27.7 Å². The van der Waals surface area contributed by atoms with Gasteiger partial charge in [0.2, 0.25) is 0 Å². The average Bonchev–Trinajstić information content (AvgIpc) is 1.84. The molecule has 1 aromatic carbocycles. The summed E-state index contributed by atoms with van der Waals surface area (Å²) in [6.07, 6.45) is 0. The summed E-state index contributed by atoms with van der Waals surface area (Å²) in [5.41, 5.74) is 4.84. The summed E-state index contributed by atoms with van der Waals surface area (Å²) in [7, 11) is 0. The molecule has 0 spiro atoms. The summed E-state index contributed by atoms with van der Waals surface area (Å²) in [5, 5.41) is 0. The van der Waals surface area contributed by atoms with Crippen molar-refractivity contribution in [3.63, 3.8) is 0 Å². The Morgan fingerprint density at radius 3 is 0.917 bits per heavy atom. The van der Waals surface area contributed by atoms with E-state index in [0.29, 0.717) is 0 Å². The molecule has 0 aliphatic carbocycles. The van der Waals surface area contributed by atoms with Gasteiger partial charge in [-0.2, -0.15) is 0 Å². The van der Waals surface area contributed by atoms with Crippen LogP contribution in [0.25, 0.3) is 0 Å². The van der Waals surface area contributed by atoms with Gasteiger partial charge in [0.25, 0.3) is 0 Å². The molecule has 0 atom stereocenters. The molecule has 0 aliphatic heterocycles. The SMILES string of the molecule is Cc1[c-]c(C)c(C)[c-]c1C.[K+].[K+]. The van der Waals surface area contributed by atoms with Crippen LogP contribution in [-0.4, -0.2) is 0 Å². The van der Waals surface area contributed by atoms with E-state index >= 15 is 0 Å². The second-order valence-electron chi connectivity index (χ2n) is 2.75. The number of rotatable bonds is 0. The molecule has 2 heteroatoms. The van der Waals surface area contributed by atoms with Crippen LogP contribution in [0.4, 0.5) is 0 Å². The summed E-state index contributed by atoms with van der Waals surface area (Å²) in [6, 6.07) is 6.55. The van der Waals surface area contributed by atoms with Crippen LogP contribution in [0.1, 0.15) is 22.3 Å². The first-order valence-electron chi connectivity index (χ1n) is 3.50. The van der Waals surface area contributed by atoms with Crippen LogP contribution in [0.5, 0.6) is 0 Å². The van der Waals surface area contributed by atoms with Crippen LogP contribution in [0.2, 0.25) is 0 Å². The predicted octanol–water partition coefficient (Wildman–Crippen LogP) is -3.47. The maximum Gasteiger partial charge on any atom is 1.00 e. The Balaban J connectivity index is 0. The van der Waals surface area contributed by atoms with E-state index in [1.807, 2.05) is 0 Å². The third-order valence-corrected chi connectivity index (χ3v) is 1.88. The van der Waals surface area contributed by atoms with E-state index in [2.05, 4.69) is 39.8 Å². The molecule has 1 rings (SSSR count). The van der Waals surface area contributed by atoms with Gasteiger partial charge in [0, 0.05) is 0 Å².